The third kappa shape index (κ3) is 4.91. The quantitative estimate of drug-likeness (QED) is 0.511. The van der Waals surface area contributed by atoms with Gasteiger partial charge < -0.3 is 11.9 Å². The Hall–Kier alpha value is 0.439. The van der Waals surface area contributed by atoms with E-state index in [1.807, 2.05) is 0 Å². The van der Waals surface area contributed by atoms with Crippen molar-refractivity contribution < 1.29 is 17.1 Å². The molecule has 1 aliphatic carbocycles. The molecular formula is C6H14CuN2. The maximum atomic E-state index is 7.27. The molecule has 0 spiro atoms. The van der Waals surface area contributed by atoms with Crippen molar-refractivity contribution in [1.82, 2.24) is 0 Å². The van der Waals surface area contributed by atoms with Crippen LogP contribution < -0.4 is 0 Å². The summed E-state index contributed by atoms with van der Waals surface area (Å²) in [7, 11) is 0. The fraction of sp³-hybridized carbons (Fsp3) is 1.00. The van der Waals surface area contributed by atoms with E-state index in [0.717, 1.165) is 12.8 Å². The van der Waals surface area contributed by atoms with Crippen molar-refractivity contribution in [2.45, 2.75) is 38.1 Å². The fourth-order valence-electron chi connectivity index (χ4n) is 1.10. The Balaban J connectivity index is 0. The largest absolute Gasteiger partial charge is 2.00 e. The molecule has 1 saturated carbocycles. The molecule has 0 aliphatic heterocycles. The van der Waals surface area contributed by atoms with Gasteiger partial charge in [0.15, 0.2) is 0 Å². The van der Waals surface area contributed by atoms with E-state index in [0.29, 0.717) is 0 Å². The number of nitrogens with one attached hydrogen (secondary N) is 1. The average molecular weight is 178 g/mol. The fourth-order valence-corrected chi connectivity index (χ4v) is 1.10. The summed E-state index contributed by atoms with van der Waals surface area (Å²) in [5.74, 6) is 0. The molecule has 1 aliphatic rings. The summed E-state index contributed by atoms with van der Waals surface area (Å²) in [4.78, 5) is 0. The van der Waals surface area contributed by atoms with Crippen molar-refractivity contribution in [3.8, 4) is 0 Å². The second-order valence-electron chi connectivity index (χ2n) is 2.33. The minimum Gasteiger partial charge on any atom is -0.693 e. The van der Waals surface area contributed by atoms with Crippen molar-refractivity contribution >= 4 is 0 Å². The molecule has 3 N–H and O–H groups in total. The van der Waals surface area contributed by atoms with Crippen molar-refractivity contribution in [2.75, 3.05) is 0 Å². The van der Waals surface area contributed by atoms with Gasteiger partial charge in [-0.05, 0) is 0 Å². The van der Waals surface area contributed by atoms with Crippen molar-refractivity contribution in [3.63, 3.8) is 0 Å². The van der Waals surface area contributed by atoms with Gasteiger partial charge in [-0.2, -0.15) is 0 Å². The molecule has 0 aromatic carbocycles. The number of nitrogens with two attached hydrogens (primary N) is 1. The first kappa shape index (κ1) is 12.1. The second-order valence-corrected chi connectivity index (χ2v) is 2.33. The van der Waals surface area contributed by atoms with Gasteiger partial charge in [-0.3, -0.25) is 0 Å². The van der Waals surface area contributed by atoms with E-state index in [2.05, 4.69) is 0 Å². The van der Waals surface area contributed by atoms with Crippen LogP contribution in [0.1, 0.15) is 32.1 Å². The van der Waals surface area contributed by atoms with E-state index >= 15 is 0 Å². The second kappa shape index (κ2) is 6.56. The van der Waals surface area contributed by atoms with Crippen molar-refractivity contribution in [3.05, 3.63) is 11.9 Å². The standard InChI is InChI=1S/C6H12N.Cu.H2N/c7-6-4-2-1-3-5-6;;/h6-7H,1-5H2;;1H2/q-1;+2;-1. The Morgan fingerprint density at radius 2 is 1.44 bits per heavy atom. The Morgan fingerprint density at radius 3 is 1.67 bits per heavy atom. The molecule has 9 heavy (non-hydrogen) atoms. The van der Waals surface area contributed by atoms with Crippen LogP contribution in [0.3, 0.4) is 0 Å². The molecule has 0 aromatic rings. The zero-order valence-electron chi connectivity index (χ0n) is 5.49. The van der Waals surface area contributed by atoms with Crippen LogP contribution in [0.5, 0.6) is 0 Å². The monoisotopic (exact) mass is 177 g/mol. The molecule has 1 radical (unpaired) electrons. The van der Waals surface area contributed by atoms with Crippen molar-refractivity contribution in [1.29, 1.82) is 0 Å². The molecule has 0 aromatic heterocycles. The van der Waals surface area contributed by atoms with Gasteiger partial charge in [0.1, 0.15) is 0 Å². The number of hydrogen-bond donors (Lipinski definition) is 0. The van der Waals surface area contributed by atoms with Crippen LogP contribution in [0.4, 0.5) is 0 Å². The van der Waals surface area contributed by atoms with E-state index in [-0.39, 0.29) is 29.3 Å². The minimum atomic E-state index is 0. The molecule has 59 valence electrons. The molecule has 0 bridgehead atoms. The summed E-state index contributed by atoms with van der Waals surface area (Å²) < 4.78 is 0. The van der Waals surface area contributed by atoms with E-state index in [4.69, 9.17) is 5.73 Å². The van der Waals surface area contributed by atoms with Crippen LogP contribution in [0.15, 0.2) is 0 Å². The Kier molecular flexibility index (Phi) is 8.85. The van der Waals surface area contributed by atoms with Crippen molar-refractivity contribution in [2.24, 2.45) is 0 Å². The molecule has 0 heterocycles. The number of rotatable bonds is 0. The van der Waals surface area contributed by atoms with E-state index in [1.165, 1.54) is 19.3 Å². The summed E-state index contributed by atoms with van der Waals surface area (Å²) in [6.45, 7) is 0. The van der Waals surface area contributed by atoms with Gasteiger partial charge in [0, 0.05) is 0 Å². The summed E-state index contributed by atoms with van der Waals surface area (Å²) in [5, 5.41) is 0. The summed E-state index contributed by atoms with van der Waals surface area (Å²) >= 11 is 0. The van der Waals surface area contributed by atoms with Crippen LogP contribution in [-0.4, -0.2) is 6.04 Å². The zero-order valence-corrected chi connectivity index (χ0v) is 6.43. The smallest absolute Gasteiger partial charge is 0.693 e. The molecule has 0 atom stereocenters. The average Bonchev–Trinajstić information content (AvgIpc) is 1.69. The Labute approximate surface area is 67.6 Å². The van der Waals surface area contributed by atoms with Gasteiger partial charge in [0.2, 0.25) is 0 Å². The van der Waals surface area contributed by atoms with Gasteiger partial charge in [0.05, 0.1) is 0 Å². The molecular weight excluding hydrogens is 164 g/mol. The summed E-state index contributed by atoms with van der Waals surface area (Å²) in [5.41, 5.74) is 7.27. The SMILES string of the molecule is [Cu+2].[NH-]C1CCCCC1.[NH2-]. The topological polar surface area (TPSA) is 57.3 Å². The molecule has 1 rings (SSSR count). The number of hydrogen-bond acceptors (Lipinski definition) is 0. The summed E-state index contributed by atoms with van der Waals surface area (Å²) in [6, 6.07) is 0.286. The first-order valence-electron chi connectivity index (χ1n) is 3.11. The van der Waals surface area contributed by atoms with Crippen LogP contribution in [0.25, 0.3) is 11.9 Å². The first-order chi connectivity index (χ1) is 3.39. The predicted molar refractivity (Wildman–Crippen MR) is 36.5 cm³/mol. The van der Waals surface area contributed by atoms with Gasteiger partial charge in [-0.1, -0.05) is 32.1 Å². The van der Waals surface area contributed by atoms with Gasteiger partial charge in [0.25, 0.3) is 0 Å². The zero-order chi connectivity index (χ0) is 5.11. The van der Waals surface area contributed by atoms with Crippen LogP contribution in [0.2, 0.25) is 0 Å². The van der Waals surface area contributed by atoms with Gasteiger partial charge in [-0.25, -0.2) is 0 Å². The molecule has 0 saturated heterocycles. The Morgan fingerprint density at radius 1 is 1.00 bits per heavy atom. The van der Waals surface area contributed by atoms with E-state index < -0.39 is 0 Å². The normalized spacial score (nSPS) is 19.7. The van der Waals surface area contributed by atoms with Gasteiger partial charge in [-0.15, -0.1) is 6.04 Å². The van der Waals surface area contributed by atoms with Gasteiger partial charge >= 0.3 is 17.1 Å². The van der Waals surface area contributed by atoms with E-state index in [1.54, 1.807) is 0 Å². The van der Waals surface area contributed by atoms with Crippen LogP contribution in [0, 0.1) is 0 Å². The third-order valence-electron chi connectivity index (χ3n) is 1.61. The summed E-state index contributed by atoms with van der Waals surface area (Å²) in [6.07, 6.45) is 6.28. The third-order valence-corrected chi connectivity index (χ3v) is 1.61. The van der Waals surface area contributed by atoms with Crippen LogP contribution >= 0.6 is 0 Å². The molecule has 0 unspecified atom stereocenters. The minimum absolute atomic E-state index is 0. The first-order valence-corrected chi connectivity index (χ1v) is 3.11. The maximum Gasteiger partial charge on any atom is 2.00 e. The molecule has 2 nitrogen and oxygen atoms in total. The molecule has 1 fully saturated rings. The van der Waals surface area contributed by atoms with Crippen LogP contribution in [-0.2, 0) is 17.1 Å². The Bertz CT molecular complexity index is 53.0. The molecule has 0 amide bonds. The molecule has 3 heteroatoms. The predicted octanol–water partition coefficient (Wildman–Crippen LogP) is 3.09. The van der Waals surface area contributed by atoms with E-state index in [9.17, 15) is 0 Å². The maximum absolute atomic E-state index is 7.27.